The van der Waals surface area contributed by atoms with Gasteiger partial charge in [0.25, 0.3) is 0 Å². The van der Waals surface area contributed by atoms with Gasteiger partial charge in [-0.2, -0.15) is 11.1 Å². The summed E-state index contributed by atoms with van der Waals surface area (Å²) in [5, 5.41) is 3.59. The van der Waals surface area contributed by atoms with Crippen molar-refractivity contribution in [1.82, 2.24) is 0 Å². The maximum absolute atomic E-state index is 6.35. The lowest BCUT2D eigenvalue weighted by molar-refractivity contribution is 1.29. The average molecular weight is 464 g/mol. The minimum absolute atomic E-state index is 0.789. The van der Waals surface area contributed by atoms with Crippen LogP contribution in [0, 0.1) is 0 Å². The molecule has 0 saturated heterocycles. The van der Waals surface area contributed by atoms with E-state index in [0.717, 1.165) is 31.8 Å². The molecule has 0 aliphatic rings. The molecule has 0 aliphatic heterocycles. The van der Waals surface area contributed by atoms with Gasteiger partial charge < -0.3 is 4.90 Å². The van der Waals surface area contributed by atoms with E-state index in [1.54, 1.807) is 0 Å². The van der Waals surface area contributed by atoms with Gasteiger partial charge in [0.2, 0.25) is 0 Å². The molecular formula is C20H19Cl3NSi3+. The number of halogens is 3. The number of hydrogen-bond acceptors (Lipinski definition) is 1. The predicted octanol–water partition coefficient (Wildman–Crippen LogP) is 4.51. The molecule has 0 fully saturated rings. The van der Waals surface area contributed by atoms with Crippen molar-refractivity contribution in [1.29, 1.82) is 0 Å². The Kier molecular flexibility index (Phi) is 7.25. The largest absolute Gasteiger partial charge is 0.583 e. The van der Waals surface area contributed by atoms with Gasteiger partial charge in [-0.05, 0) is 53.7 Å². The Bertz CT molecular complexity index is 815. The highest BCUT2D eigenvalue weighted by molar-refractivity contribution is 7.39. The maximum atomic E-state index is 6.35. The zero-order chi connectivity index (χ0) is 19.4. The summed E-state index contributed by atoms with van der Waals surface area (Å²) in [6, 6.07) is 25.5. The van der Waals surface area contributed by atoms with Crippen LogP contribution in [0.15, 0.2) is 72.8 Å². The zero-order valence-electron chi connectivity index (χ0n) is 15.1. The third kappa shape index (κ3) is 5.08. The number of hydrogen-bond donors (Lipinski definition) is 0. The van der Waals surface area contributed by atoms with Gasteiger partial charge in [-0.3, -0.25) is 0 Å². The molecule has 0 aromatic heterocycles. The minimum Gasteiger partial charge on any atom is -0.311 e. The van der Waals surface area contributed by atoms with Crippen LogP contribution < -0.4 is 20.5 Å². The van der Waals surface area contributed by atoms with Crippen LogP contribution in [0.2, 0.25) is 13.1 Å². The maximum Gasteiger partial charge on any atom is 0.583 e. The molecule has 3 aromatic carbocycles. The summed E-state index contributed by atoms with van der Waals surface area (Å²) in [5.41, 5.74) is 3.30. The lowest BCUT2D eigenvalue weighted by Crippen LogP contribution is -2.21. The van der Waals surface area contributed by atoms with Gasteiger partial charge in [0.15, 0.2) is 8.11 Å². The highest BCUT2D eigenvalue weighted by atomic mass is 35.7. The Hall–Kier alpha value is -1.02. The molecule has 136 valence electrons. The average Bonchev–Trinajstić information content (AvgIpc) is 2.69. The van der Waals surface area contributed by atoms with E-state index in [0.29, 0.717) is 0 Å². The Labute approximate surface area is 181 Å². The van der Waals surface area contributed by atoms with Gasteiger partial charge in [0.1, 0.15) is 27.3 Å². The smallest absolute Gasteiger partial charge is 0.311 e. The van der Waals surface area contributed by atoms with E-state index in [1.165, 1.54) is 10.4 Å². The minimum atomic E-state index is -1.49. The van der Waals surface area contributed by atoms with Crippen LogP contribution >= 0.6 is 33.2 Å². The van der Waals surface area contributed by atoms with Crippen LogP contribution in [-0.2, 0) is 0 Å². The second-order valence-corrected chi connectivity index (χ2v) is 15.0. The monoisotopic (exact) mass is 462 g/mol. The fourth-order valence-electron chi connectivity index (χ4n) is 2.85. The van der Waals surface area contributed by atoms with Crippen LogP contribution in [0.5, 0.6) is 0 Å². The summed E-state index contributed by atoms with van der Waals surface area (Å²) in [4.78, 5) is 2.24. The van der Waals surface area contributed by atoms with Crippen LogP contribution in [-0.4, -0.2) is 25.0 Å². The van der Waals surface area contributed by atoms with Crippen molar-refractivity contribution in [3.63, 3.8) is 0 Å². The molecule has 1 unspecified atom stereocenters. The molecule has 0 heterocycles. The fraction of sp³-hybridized carbons (Fsp3) is 0.100. The molecule has 2 radical (unpaired) electrons. The van der Waals surface area contributed by atoms with Crippen LogP contribution in [0.1, 0.15) is 0 Å². The molecule has 0 spiro atoms. The van der Waals surface area contributed by atoms with Gasteiger partial charge in [0.05, 0.1) is 9.52 Å². The molecule has 3 aromatic rings. The van der Waals surface area contributed by atoms with E-state index in [1.807, 2.05) is 12.1 Å². The van der Waals surface area contributed by atoms with Crippen LogP contribution in [0.4, 0.5) is 17.1 Å². The first-order valence-electron chi connectivity index (χ1n) is 8.60. The third-order valence-electron chi connectivity index (χ3n) is 4.37. The first-order valence-corrected chi connectivity index (χ1v) is 17.1. The summed E-state index contributed by atoms with van der Waals surface area (Å²) in [5.74, 6) is 0. The summed E-state index contributed by atoms with van der Waals surface area (Å²) in [7, 11) is -2.03. The van der Waals surface area contributed by atoms with Crippen LogP contribution in [0.3, 0.4) is 0 Å². The summed E-state index contributed by atoms with van der Waals surface area (Å²) in [6.07, 6.45) is 0. The quantitative estimate of drug-likeness (QED) is 0.384. The normalized spacial score (nSPS) is 11.9. The van der Waals surface area contributed by atoms with Crippen molar-refractivity contribution >= 4 is 90.9 Å². The molecule has 0 N–H and O–H groups in total. The SMILES string of the molecule is C[Si]c1ccc(N(c2ccc([Si+](Cl)Cl)cc2)c2ccc([SiH](C)Cl)cc2)cc1. The fourth-order valence-corrected chi connectivity index (χ4v) is 5.68. The lowest BCUT2D eigenvalue weighted by atomic mass is 10.2. The third-order valence-corrected chi connectivity index (χ3v) is 9.42. The van der Waals surface area contributed by atoms with E-state index in [2.05, 4.69) is 78.7 Å². The molecule has 27 heavy (non-hydrogen) atoms. The summed E-state index contributed by atoms with van der Waals surface area (Å²) < 4.78 is 0. The van der Waals surface area contributed by atoms with Gasteiger partial charge in [-0.1, -0.05) is 42.5 Å². The molecule has 0 aliphatic carbocycles. The molecule has 1 nitrogen and oxygen atoms in total. The van der Waals surface area contributed by atoms with Crippen molar-refractivity contribution in [3.05, 3.63) is 72.8 Å². The first-order chi connectivity index (χ1) is 13.0. The molecular weight excluding hydrogens is 445 g/mol. The Morgan fingerprint density at radius 2 is 1.22 bits per heavy atom. The van der Waals surface area contributed by atoms with Crippen molar-refractivity contribution in [3.8, 4) is 0 Å². The van der Waals surface area contributed by atoms with Gasteiger partial charge in [-0.15, -0.1) is 0 Å². The zero-order valence-corrected chi connectivity index (χ0v) is 20.5. The molecule has 7 heteroatoms. The molecule has 0 amide bonds. The number of benzene rings is 3. The molecule has 1 atom stereocenters. The van der Waals surface area contributed by atoms with Crippen molar-refractivity contribution in [2.75, 3.05) is 4.90 Å². The summed E-state index contributed by atoms with van der Waals surface area (Å²) >= 11 is 18.5. The van der Waals surface area contributed by atoms with Gasteiger partial charge >= 0.3 is 7.42 Å². The van der Waals surface area contributed by atoms with Crippen molar-refractivity contribution in [2.24, 2.45) is 0 Å². The lowest BCUT2D eigenvalue weighted by Gasteiger charge is -2.26. The Balaban J connectivity index is 2.04. The first kappa shape index (κ1) is 20.7. The highest BCUT2D eigenvalue weighted by Crippen LogP contribution is 2.33. The standard InChI is InChI=1S/C20H19Cl3NSi3/c1-25-18-9-3-15(4-10-18)24(16-5-11-19(12-6-16)26(2)21)17-7-13-20(14-8-17)27(22)23/h3-14,26H,1-2H3/q+1. The van der Waals surface area contributed by atoms with Crippen molar-refractivity contribution in [2.45, 2.75) is 13.1 Å². The second-order valence-electron chi connectivity index (χ2n) is 6.15. The molecule has 0 saturated carbocycles. The van der Waals surface area contributed by atoms with Gasteiger partial charge in [-0.25, -0.2) is 0 Å². The highest BCUT2D eigenvalue weighted by Gasteiger charge is 2.26. The number of anilines is 3. The van der Waals surface area contributed by atoms with E-state index in [4.69, 9.17) is 33.2 Å². The summed E-state index contributed by atoms with van der Waals surface area (Å²) in [6.45, 7) is 4.31. The number of rotatable bonds is 6. The predicted molar refractivity (Wildman–Crippen MR) is 128 cm³/mol. The van der Waals surface area contributed by atoms with E-state index < -0.39 is 15.5 Å². The van der Waals surface area contributed by atoms with E-state index >= 15 is 0 Å². The Morgan fingerprint density at radius 1 is 0.778 bits per heavy atom. The van der Waals surface area contributed by atoms with Crippen molar-refractivity contribution < 1.29 is 0 Å². The van der Waals surface area contributed by atoms with E-state index in [-0.39, 0.29) is 0 Å². The molecule has 3 rings (SSSR count). The molecule has 0 bridgehead atoms. The topological polar surface area (TPSA) is 3.24 Å². The van der Waals surface area contributed by atoms with Crippen LogP contribution in [0.25, 0.3) is 0 Å². The Morgan fingerprint density at radius 3 is 1.63 bits per heavy atom. The van der Waals surface area contributed by atoms with E-state index in [9.17, 15) is 0 Å². The number of nitrogens with zero attached hydrogens (tertiary/aromatic N) is 1. The second kappa shape index (κ2) is 9.45. The van der Waals surface area contributed by atoms with Gasteiger partial charge in [0, 0.05) is 17.1 Å².